The molecule has 0 aliphatic carbocycles. The van der Waals surface area contributed by atoms with Crippen molar-refractivity contribution >= 4 is 15.9 Å². The maximum atomic E-state index is 12.1. The molecular formula is C11H20N4O4S. The average molecular weight is 304 g/mol. The van der Waals surface area contributed by atoms with E-state index < -0.39 is 33.6 Å². The van der Waals surface area contributed by atoms with Crippen LogP contribution in [0.1, 0.15) is 27.2 Å². The second-order valence-electron chi connectivity index (χ2n) is 5.97. The quantitative estimate of drug-likeness (QED) is 0.448. The molecule has 1 saturated heterocycles. The fraction of sp³-hybridized carbons (Fsp3) is 0.909. The van der Waals surface area contributed by atoms with Crippen LogP contribution in [0.4, 0.5) is 4.79 Å². The molecule has 0 radical (unpaired) electrons. The van der Waals surface area contributed by atoms with Crippen LogP contribution < -0.4 is 0 Å². The lowest BCUT2D eigenvalue weighted by Gasteiger charge is -2.28. The standard InChI is InChI=1S/C11H20N4O4S/c1-11(2,3)19-10(16)15-6-8(13-14-12)5-9(15)7-20(4,17)18/h8-9H,5-7H2,1-4H3/t8-,9+/m1/s1. The zero-order valence-electron chi connectivity index (χ0n) is 12.1. The first-order valence-corrected chi connectivity index (χ1v) is 8.29. The monoisotopic (exact) mass is 304 g/mol. The lowest BCUT2D eigenvalue weighted by Crippen LogP contribution is -2.42. The largest absolute Gasteiger partial charge is 0.444 e. The maximum absolute atomic E-state index is 12.1. The highest BCUT2D eigenvalue weighted by molar-refractivity contribution is 7.90. The van der Waals surface area contributed by atoms with Gasteiger partial charge in [0.1, 0.15) is 15.4 Å². The maximum Gasteiger partial charge on any atom is 0.410 e. The van der Waals surface area contributed by atoms with Gasteiger partial charge in [-0.2, -0.15) is 0 Å². The molecule has 0 bridgehead atoms. The number of carbonyl (C=O) groups is 1. The molecular weight excluding hydrogens is 284 g/mol. The fourth-order valence-electron chi connectivity index (χ4n) is 2.10. The molecule has 20 heavy (non-hydrogen) atoms. The molecule has 1 rings (SSSR count). The minimum atomic E-state index is -3.24. The van der Waals surface area contributed by atoms with Gasteiger partial charge in [0, 0.05) is 23.8 Å². The number of hydrogen-bond acceptors (Lipinski definition) is 5. The molecule has 0 spiro atoms. The van der Waals surface area contributed by atoms with Crippen molar-refractivity contribution in [2.75, 3.05) is 18.6 Å². The Morgan fingerprint density at radius 3 is 2.55 bits per heavy atom. The van der Waals surface area contributed by atoms with Crippen molar-refractivity contribution in [1.82, 2.24) is 4.90 Å². The molecule has 114 valence electrons. The van der Waals surface area contributed by atoms with E-state index in [4.69, 9.17) is 10.3 Å². The van der Waals surface area contributed by atoms with Gasteiger partial charge >= 0.3 is 6.09 Å². The summed E-state index contributed by atoms with van der Waals surface area (Å²) in [6, 6.07) is -0.936. The van der Waals surface area contributed by atoms with Crippen LogP contribution in [-0.4, -0.2) is 55.6 Å². The third kappa shape index (κ3) is 5.26. The predicted molar refractivity (Wildman–Crippen MR) is 74.0 cm³/mol. The molecule has 0 aromatic carbocycles. The second-order valence-corrected chi connectivity index (χ2v) is 8.16. The minimum Gasteiger partial charge on any atom is -0.444 e. The van der Waals surface area contributed by atoms with Crippen LogP contribution in [0, 0.1) is 0 Å². The number of rotatable bonds is 3. The van der Waals surface area contributed by atoms with Crippen molar-refractivity contribution < 1.29 is 17.9 Å². The number of hydrogen-bond donors (Lipinski definition) is 0. The molecule has 0 saturated carbocycles. The first-order valence-electron chi connectivity index (χ1n) is 6.23. The van der Waals surface area contributed by atoms with Crippen LogP contribution >= 0.6 is 0 Å². The van der Waals surface area contributed by atoms with Crippen molar-refractivity contribution in [3.63, 3.8) is 0 Å². The molecule has 1 amide bonds. The Morgan fingerprint density at radius 2 is 2.10 bits per heavy atom. The van der Waals surface area contributed by atoms with Crippen molar-refractivity contribution in [2.24, 2.45) is 5.11 Å². The van der Waals surface area contributed by atoms with Gasteiger partial charge in [-0.05, 0) is 32.7 Å². The highest BCUT2D eigenvalue weighted by atomic mass is 32.2. The number of azide groups is 1. The highest BCUT2D eigenvalue weighted by Gasteiger charge is 2.38. The van der Waals surface area contributed by atoms with Gasteiger partial charge in [0.05, 0.1) is 11.8 Å². The van der Waals surface area contributed by atoms with E-state index in [1.54, 1.807) is 20.8 Å². The van der Waals surface area contributed by atoms with E-state index in [0.29, 0.717) is 6.42 Å². The molecule has 1 aliphatic heterocycles. The van der Waals surface area contributed by atoms with Crippen LogP contribution in [-0.2, 0) is 14.6 Å². The second kappa shape index (κ2) is 5.88. The zero-order valence-corrected chi connectivity index (χ0v) is 12.9. The van der Waals surface area contributed by atoms with E-state index in [0.717, 1.165) is 6.26 Å². The first-order chi connectivity index (χ1) is 9.02. The van der Waals surface area contributed by atoms with Crippen molar-refractivity contribution in [2.45, 2.75) is 44.9 Å². The number of amides is 1. The third-order valence-corrected chi connectivity index (χ3v) is 3.72. The van der Waals surface area contributed by atoms with Crippen LogP contribution in [0.15, 0.2) is 5.11 Å². The normalized spacial score (nSPS) is 23.3. The van der Waals surface area contributed by atoms with Crippen LogP contribution in [0.3, 0.4) is 0 Å². The summed E-state index contributed by atoms with van der Waals surface area (Å²) in [4.78, 5) is 16.1. The lowest BCUT2D eigenvalue weighted by atomic mass is 10.2. The Hall–Kier alpha value is -1.47. The fourth-order valence-corrected chi connectivity index (χ4v) is 3.12. The summed E-state index contributed by atoms with van der Waals surface area (Å²) in [5.74, 6) is -0.163. The van der Waals surface area contributed by atoms with E-state index in [9.17, 15) is 13.2 Å². The molecule has 2 atom stereocenters. The van der Waals surface area contributed by atoms with Gasteiger partial charge in [0.25, 0.3) is 0 Å². The highest BCUT2D eigenvalue weighted by Crippen LogP contribution is 2.24. The van der Waals surface area contributed by atoms with E-state index in [1.165, 1.54) is 4.90 Å². The number of sulfone groups is 1. The third-order valence-electron chi connectivity index (χ3n) is 2.73. The number of nitrogens with zero attached hydrogens (tertiary/aromatic N) is 4. The van der Waals surface area contributed by atoms with Gasteiger partial charge in [-0.25, -0.2) is 13.2 Å². The van der Waals surface area contributed by atoms with Gasteiger partial charge in [0.15, 0.2) is 0 Å². The molecule has 0 N–H and O–H groups in total. The van der Waals surface area contributed by atoms with Gasteiger partial charge in [-0.1, -0.05) is 5.11 Å². The summed E-state index contributed by atoms with van der Waals surface area (Å²) in [6.45, 7) is 5.38. The summed E-state index contributed by atoms with van der Waals surface area (Å²) in [5, 5.41) is 3.57. The summed E-state index contributed by atoms with van der Waals surface area (Å²) >= 11 is 0. The summed E-state index contributed by atoms with van der Waals surface area (Å²) < 4.78 is 28.1. The predicted octanol–water partition coefficient (Wildman–Crippen LogP) is 1.72. The van der Waals surface area contributed by atoms with Gasteiger partial charge in [0.2, 0.25) is 0 Å². The molecule has 0 unspecified atom stereocenters. The zero-order chi connectivity index (χ0) is 15.6. The van der Waals surface area contributed by atoms with Gasteiger partial charge < -0.3 is 9.64 Å². The Bertz CT molecular complexity index is 519. The number of likely N-dealkylation sites (tertiary alicyclic amines) is 1. The first kappa shape index (κ1) is 16.6. The van der Waals surface area contributed by atoms with Gasteiger partial charge in [-0.15, -0.1) is 0 Å². The molecule has 1 fully saturated rings. The number of ether oxygens (including phenoxy) is 1. The summed E-state index contributed by atoms with van der Waals surface area (Å²) in [5.41, 5.74) is 7.80. The van der Waals surface area contributed by atoms with E-state index in [-0.39, 0.29) is 12.3 Å². The molecule has 1 aliphatic rings. The Kier molecular flexibility index (Phi) is 4.88. The molecule has 0 aromatic heterocycles. The lowest BCUT2D eigenvalue weighted by molar-refractivity contribution is 0.0239. The van der Waals surface area contributed by atoms with Crippen LogP contribution in [0.5, 0.6) is 0 Å². The van der Waals surface area contributed by atoms with Crippen LogP contribution in [0.2, 0.25) is 0 Å². The average Bonchev–Trinajstić information content (AvgIpc) is 2.56. The molecule has 9 heteroatoms. The summed E-state index contributed by atoms with van der Waals surface area (Å²) in [7, 11) is -3.24. The smallest absolute Gasteiger partial charge is 0.410 e. The Morgan fingerprint density at radius 1 is 1.50 bits per heavy atom. The number of carbonyl (C=O) groups excluding carboxylic acids is 1. The van der Waals surface area contributed by atoms with Crippen molar-refractivity contribution in [3.8, 4) is 0 Å². The SMILES string of the molecule is CC(C)(C)OC(=O)N1C[C@H](N=[N+]=[N-])C[C@H]1CS(C)(=O)=O. The topological polar surface area (TPSA) is 112 Å². The van der Waals surface area contributed by atoms with E-state index in [1.807, 2.05) is 0 Å². The molecule has 8 nitrogen and oxygen atoms in total. The molecule has 1 heterocycles. The van der Waals surface area contributed by atoms with E-state index in [2.05, 4.69) is 10.0 Å². The van der Waals surface area contributed by atoms with Crippen molar-refractivity contribution in [1.29, 1.82) is 0 Å². The Labute approximate surface area is 118 Å². The van der Waals surface area contributed by atoms with E-state index >= 15 is 0 Å². The Balaban J connectivity index is 2.88. The van der Waals surface area contributed by atoms with Gasteiger partial charge in [-0.3, -0.25) is 0 Å². The van der Waals surface area contributed by atoms with Crippen LogP contribution in [0.25, 0.3) is 10.4 Å². The minimum absolute atomic E-state index is 0.163. The summed E-state index contributed by atoms with van der Waals surface area (Å²) in [6.07, 6.45) is 0.860. The molecule has 0 aromatic rings. The van der Waals surface area contributed by atoms with Crippen molar-refractivity contribution in [3.05, 3.63) is 10.4 Å².